The van der Waals surface area contributed by atoms with E-state index >= 15 is 0 Å². The molecule has 5 nitrogen and oxygen atoms in total. The van der Waals surface area contributed by atoms with E-state index in [2.05, 4.69) is 60.7 Å². The lowest BCUT2D eigenvalue weighted by atomic mass is 9.51. The Kier molecular flexibility index (Phi) is 6.85. The average Bonchev–Trinajstić information content (AvgIpc) is 3.06. The summed E-state index contributed by atoms with van der Waals surface area (Å²) in [5.74, 6) is 0.724. The van der Waals surface area contributed by atoms with Crippen molar-refractivity contribution in [2.24, 2.45) is 5.41 Å². The van der Waals surface area contributed by atoms with Gasteiger partial charge < -0.3 is 14.2 Å². The number of hydrogen-bond donors (Lipinski definition) is 0. The fraction of sp³-hybridized carbons (Fsp3) is 0.200. The Morgan fingerprint density at radius 2 is 1.27 bits per heavy atom. The highest BCUT2D eigenvalue weighted by molar-refractivity contribution is 5.92. The third kappa shape index (κ3) is 4.62. The molecular formula is C40H34O5. The molecule has 3 aliphatic carbocycles. The summed E-state index contributed by atoms with van der Waals surface area (Å²) in [6.45, 7) is 5.54. The van der Waals surface area contributed by atoms with Gasteiger partial charge in [-0.2, -0.15) is 0 Å². The lowest BCUT2D eigenvalue weighted by molar-refractivity contribution is -0.143. The van der Waals surface area contributed by atoms with Crippen molar-refractivity contribution in [2.75, 3.05) is 7.11 Å². The van der Waals surface area contributed by atoms with Crippen LogP contribution in [0.2, 0.25) is 0 Å². The largest absolute Gasteiger partial charge is 0.497 e. The van der Waals surface area contributed by atoms with Crippen LogP contribution in [0.15, 0.2) is 115 Å². The summed E-state index contributed by atoms with van der Waals surface area (Å²) in [7, 11) is 1.66. The van der Waals surface area contributed by atoms with Gasteiger partial charge in [-0.15, -0.1) is 0 Å². The van der Waals surface area contributed by atoms with Crippen LogP contribution in [0.3, 0.4) is 0 Å². The minimum absolute atomic E-state index is 0.219. The van der Waals surface area contributed by atoms with Gasteiger partial charge in [0.1, 0.15) is 17.2 Å². The molecule has 0 spiro atoms. The molecule has 0 N–H and O–H groups in total. The average molecular weight is 595 g/mol. The van der Waals surface area contributed by atoms with E-state index in [1.807, 2.05) is 51.1 Å². The molecule has 5 aromatic carbocycles. The van der Waals surface area contributed by atoms with E-state index < -0.39 is 16.8 Å². The molecule has 0 atom stereocenters. The molecule has 0 fully saturated rings. The SMILES string of the molecule is COc1ccc(CC23c4ccccc4C(c4ccccc42)c2c(OC(=O)C(C)(C)C)ccc(OC(=O)c4ccccc4)c23)cc1. The maximum Gasteiger partial charge on any atom is 0.343 e. The van der Waals surface area contributed by atoms with Crippen LogP contribution in [0.1, 0.15) is 76.0 Å². The highest BCUT2D eigenvalue weighted by atomic mass is 16.5. The molecule has 8 rings (SSSR count). The zero-order valence-corrected chi connectivity index (χ0v) is 25.8. The Balaban J connectivity index is 1.53. The van der Waals surface area contributed by atoms with Crippen molar-refractivity contribution >= 4 is 11.9 Å². The molecule has 45 heavy (non-hydrogen) atoms. The summed E-state index contributed by atoms with van der Waals surface area (Å²) in [5.41, 5.74) is 6.39. The number of carbonyl (C=O) groups excluding carboxylic acids is 2. The first kappa shape index (κ1) is 28.6. The zero-order valence-electron chi connectivity index (χ0n) is 25.8. The van der Waals surface area contributed by atoms with Gasteiger partial charge in [-0.3, -0.25) is 4.79 Å². The van der Waals surface area contributed by atoms with Gasteiger partial charge in [-0.1, -0.05) is 78.9 Å². The lowest BCUT2D eigenvalue weighted by Gasteiger charge is -2.51. The Bertz CT molecular complexity index is 1890. The molecule has 0 radical (unpaired) electrons. The predicted octanol–water partition coefficient (Wildman–Crippen LogP) is 8.25. The molecule has 0 unspecified atom stereocenters. The molecule has 0 amide bonds. The normalized spacial score (nSPS) is 17.5. The summed E-state index contributed by atoms with van der Waals surface area (Å²) in [6.07, 6.45) is 0.581. The maximum atomic E-state index is 13.6. The molecule has 0 aliphatic heterocycles. The van der Waals surface area contributed by atoms with Gasteiger partial charge in [0, 0.05) is 17.0 Å². The van der Waals surface area contributed by atoms with E-state index in [0.717, 1.165) is 44.7 Å². The van der Waals surface area contributed by atoms with Gasteiger partial charge in [0.25, 0.3) is 0 Å². The summed E-state index contributed by atoms with van der Waals surface area (Å²) < 4.78 is 18.0. The highest BCUT2D eigenvalue weighted by Gasteiger charge is 2.54. The van der Waals surface area contributed by atoms with Crippen LogP contribution in [-0.2, 0) is 16.6 Å². The van der Waals surface area contributed by atoms with Crippen LogP contribution in [0.25, 0.3) is 0 Å². The molecule has 0 saturated heterocycles. The lowest BCUT2D eigenvalue weighted by Crippen LogP contribution is -2.44. The fourth-order valence-electron chi connectivity index (χ4n) is 6.96. The first-order valence-corrected chi connectivity index (χ1v) is 15.2. The van der Waals surface area contributed by atoms with E-state index in [-0.39, 0.29) is 11.9 Å². The van der Waals surface area contributed by atoms with Gasteiger partial charge in [-0.05, 0) is 91.4 Å². The fourth-order valence-corrected chi connectivity index (χ4v) is 6.96. The number of esters is 2. The number of benzene rings is 5. The van der Waals surface area contributed by atoms with Gasteiger partial charge >= 0.3 is 11.9 Å². The zero-order chi connectivity index (χ0) is 31.3. The second-order valence-electron chi connectivity index (χ2n) is 12.8. The molecule has 5 aromatic rings. The number of rotatable bonds is 6. The van der Waals surface area contributed by atoms with Gasteiger partial charge in [-0.25, -0.2) is 4.79 Å². The number of methoxy groups -OCH3 is 1. The number of hydrogen-bond acceptors (Lipinski definition) is 5. The third-order valence-corrected chi connectivity index (χ3v) is 9.00. The van der Waals surface area contributed by atoms with Crippen LogP contribution in [0, 0.1) is 5.41 Å². The second kappa shape index (κ2) is 10.8. The molecular weight excluding hydrogens is 560 g/mol. The Morgan fingerprint density at radius 3 is 1.87 bits per heavy atom. The minimum Gasteiger partial charge on any atom is -0.497 e. The van der Waals surface area contributed by atoms with E-state index in [4.69, 9.17) is 14.2 Å². The van der Waals surface area contributed by atoms with Gasteiger partial charge in [0.05, 0.1) is 23.5 Å². The monoisotopic (exact) mass is 594 g/mol. The molecule has 3 aliphatic rings. The van der Waals surface area contributed by atoms with Gasteiger partial charge in [0.2, 0.25) is 0 Å². The Labute approximate surface area is 263 Å². The third-order valence-electron chi connectivity index (χ3n) is 9.00. The van der Waals surface area contributed by atoms with Crippen molar-refractivity contribution in [1.82, 2.24) is 0 Å². The van der Waals surface area contributed by atoms with Crippen LogP contribution >= 0.6 is 0 Å². The quantitative estimate of drug-likeness (QED) is 0.146. The van der Waals surface area contributed by atoms with E-state index in [1.54, 1.807) is 31.4 Å². The van der Waals surface area contributed by atoms with E-state index in [1.165, 1.54) is 0 Å². The molecule has 0 saturated carbocycles. The van der Waals surface area contributed by atoms with Crippen molar-refractivity contribution in [2.45, 2.75) is 38.5 Å². The number of carbonyl (C=O) groups is 2. The molecule has 5 heteroatoms. The van der Waals surface area contributed by atoms with Crippen molar-refractivity contribution in [3.8, 4) is 17.2 Å². The van der Waals surface area contributed by atoms with Crippen molar-refractivity contribution < 1.29 is 23.8 Å². The first-order valence-electron chi connectivity index (χ1n) is 15.2. The summed E-state index contributed by atoms with van der Waals surface area (Å²) in [6, 6.07) is 37.6. The molecule has 224 valence electrons. The first-order chi connectivity index (χ1) is 21.7. The minimum atomic E-state index is -0.748. The topological polar surface area (TPSA) is 61.8 Å². The summed E-state index contributed by atoms with van der Waals surface area (Å²) >= 11 is 0. The van der Waals surface area contributed by atoms with E-state index in [9.17, 15) is 9.59 Å². The van der Waals surface area contributed by atoms with Crippen LogP contribution in [0.5, 0.6) is 17.2 Å². The smallest absolute Gasteiger partial charge is 0.343 e. The van der Waals surface area contributed by atoms with E-state index in [0.29, 0.717) is 23.5 Å². The maximum absolute atomic E-state index is 13.6. The standard InChI is InChI=1S/C40H34O5/c1-39(2,3)38(42)45-32-22-23-33(44-37(41)26-12-6-5-7-13-26)36-35(32)34-28-14-8-10-16-30(28)40(36,31-17-11-9-15-29(31)34)24-25-18-20-27(43-4)21-19-25/h5-23,34H,24H2,1-4H3. The van der Waals surface area contributed by atoms with Crippen LogP contribution in [-0.4, -0.2) is 19.0 Å². The predicted molar refractivity (Wildman–Crippen MR) is 173 cm³/mol. The number of ether oxygens (including phenoxy) is 3. The molecule has 0 aromatic heterocycles. The molecule has 0 heterocycles. The van der Waals surface area contributed by atoms with Gasteiger partial charge in [0.15, 0.2) is 0 Å². The summed E-state index contributed by atoms with van der Waals surface area (Å²) in [4.78, 5) is 27.0. The Morgan fingerprint density at radius 1 is 0.689 bits per heavy atom. The van der Waals surface area contributed by atoms with Crippen LogP contribution in [0.4, 0.5) is 0 Å². The van der Waals surface area contributed by atoms with Crippen molar-refractivity contribution in [3.05, 3.63) is 160 Å². The second-order valence-corrected chi connectivity index (χ2v) is 12.8. The summed E-state index contributed by atoms with van der Waals surface area (Å²) in [5, 5.41) is 0. The van der Waals surface area contributed by atoms with Crippen molar-refractivity contribution in [1.29, 1.82) is 0 Å². The van der Waals surface area contributed by atoms with Crippen molar-refractivity contribution in [3.63, 3.8) is 0 Å². The molecule has 2 bridgehead atoms. The van der Waals surface area contributed by atoms with Crippen LogP contribution < -0.4 is 14.2 Å². The Hall–Kier alpha value is -5.16. The highest BCUT2D eigenvalue weighted by Crippen LogP contribution is 2.64.